The van der Waals surface area contributed by atoms with Gasteiger partial charge in [0.05, 0.1) is 11.0 Å². The minimum atomic E-state index is -0.250. The molecule has 0 bridgehead atoms. The van der Waals surface area contributed by atoms with E-state index in [1.54, 1.807) is 0 Å². The lowest BCUT2D eigenvalue weighted by molar-refractivity contribution is -0.122. The van der Waals surface area contributed by atoms with Crippen LogP contribution < -0.4 is 10.2 Å². The molecule has 1 spiro atoms. The molecule has 6 heteroatoms. The fourth-order valence-electron chi connectivity index (χ4n) is 5.82. The zero-order valence-electron chi connectivity index (χ0n) is 18.9. The first kappa shape index (κ1) is 21.0. The number of anilines is 1. The molecule has 1 atom stereocenters. The Bertz CT molecular complexity index is 1110. The van der Waals surface area contributed by atoms with Crippen molar-refractivity contribution in [1.82, 2.24) is 14.9 Å². The molecule has 2 fully saturated rings. The maximum Gasteiger partial charge on any atom is 0.290 e. The third-order valence-electron chi connectivity index (χ3n) is 7.78. The normalized spacial score (nSPS) is 21.3. The van der Waals surface area contributed by atoms with Crippen molar-refractivity contribution in [1.29, 1.82) is 0 Å². The number of carbonyl (C=O) groups is 1. The molecule has 1 aliphatic carbocycles. The second-order valence-electron chi connectivity index (χ2n) is 9.76. The lowest BCUT2D eigenvalue weighted by atomic mass is 9.61. The third-order valence-corrected chi connectivity index (χ3v) is 7.78. The van der Waals surface area contributed by atoms with Crippen molar-refractivity contribution in [3.05, 3.63) is 59.4 Å². The Hall–Kier alpha value is -2.86. The number of aromatic nitrogens is 2. The van der Waals surface area contributed by atoms with Crippen LogP contribution in [0.2, 0.25) is 0 Å². The molecule has 6 rings (SSSR count). The predicted octanol–water partition coefficient (Wildman–Crippen LogP) is 4.02. The van der Waals surface area contributed by atoms with Gasteiger partial charge in [-0.25, -0.2) is 4.98 Å². The van der Waals surface area contributed by atoms with E-state index in [1.807, 2.05) is 0 Å². The SMILES string of the molecule is CC1CCc2c(ccc3c2nc(Cc2ccccc2)n3C2CC3(CNC3)C2)N1C.O=CO. The Kier molecular flexibility index (Phi) is 5.41. The van der Waals surface area contributed by atoms with Gasteiger partial charge in [-0.2, -0.15) is 0 Å². The van der Waals surface area contributed by atoms with Crippen LogP contribution in [0.3, 0.4) is 0 Å². The average Bonchev–Trinajstić information content (AvgIpc) is 3.08. The summed E-state index contributed by atoms with van der Waals surface area (Å²) in [5.74, 6) is 1.24. The number of carboxylic acid groups (broad SMARTS) is 1. The largest absolute Gasteiger partial charge is 0.483 e. The van der Waals surface area contributed by atoms with Crippen LogP contribution in [0, 0.1) is 5.41 Å². The fourth-order valence-corrected chi connectivity index (χ4v) is 5.82. The summed E-state index contributed by atoms with van der Waals surface area (Å²) in [6, 6.07) is 16.7. The number of rotatable bonds is 3. The summed E-state index contributed by atoms with van der Waals surface area (Å²) in [5.41, 5.74) is 7.35. The molecule has 0 radical (unpaired) electrons. The Morgan fingerprint density at radius 3 is 2.56 bits per heavy atom. The van der Waals surface area contributed by atoms with E-state index in [-0.39, 0.29) is 6.47 Å². The van der Waals surface area contributed by atoms with Crippen molar-refractivity contribution in [2.45, 2.75) is 51.1 Å². The van der Waals surface area contributed by atoms with Crippen molar-refractivity contribution >= 4 is 23.2 Å². The quantitative estimate of drug-likeness (QED) is 0.612. The zero-order valence-corrected chi connectivity index (χ0v) is 18.9. The number of nitrogens with zero attached hydrogens (tertiary/aromatic N) is 3. The fraction of sp³-hybridized carbons (Fsp3) is 0.462. The highest BCUT2D eigenvalue weighted by Gasteiger charge is 2.49. The van der Waals surface area contributed by atoms with Crippen LogP contribution in [-0.4, -0.2) is 47.3 Å². The first-order valence-corrected chi connectivity index (χ1v) is 11.6. The van der Waals surface area contributed by atoms with Gasteiger partial charge < -0.3 is 19.9 Å². The second-order valence-corrected chi connectivity index (χ2v) is 9.76. The molecule has 2 aliphatic heterocycles. The van der Waals surface area contributed by atoms with Crippen LogP contribution in [0.1, 0.15) is 49.2 Å². The monoisotopic (exact) mass is 432 g/mol. The van der Waals surface area contributed by atoms with Crippen LogP contribution in [-0.2, 0) is 17.6 Å². The number of aryl methyl sites for hydroxylation is 1. The summed E-state index contributed by atoms with van der Waals surface area (Å²) in [6.07, 6.45) is 5.85. The summed E-state index contributed by atoms with van der Waals surface area (Å²) in [7, 11) is 2.23. The maximum absolute atomic E-state index is 8.36. The molecule has 3 heterocycles. The molecule has 1 saturated heterocycles. The number of imidazole rings is 1. The molecule has 6 nitrogen and oxygen atoms in total. The number of nitrogens with one attached hydrogen (secondary N) is 1. The number of fused-ring (bicyclic) bond motifs is 3. The van der Waals surface area contributed by atoms with Gasteiger partial charge in [0.2, 0.25) is 0 Å². The van der Waals surface area contributed by atoms with Gasteiger partial charge >= 0.3 is 0 Å². The van der Waals surface area contributed by atoms with Gasteiger partial charge in [-0.1, -0.05) is 30.3 Å². The van der Waals surface area contributed by atoms with Crippen molar-refractivity contribution in [2.24, 2.45) is 5.41 Å². The van der Waals surface area contributed by atoms with Gasteiger partial charge in [0.25, 0.3) is 6.47 Å². The molecule has 168 valence electrons. The standard InChI is InChI=1S/C25H30N4.CH2O2/c1-17-8-9-20-21(28(17)2)10-11-22-24(20)27-23(12-18-6-4-3-5-7-18)29(22)19-13-25(14-19)15-26-16-25;2-1-3/h3-7,10-11,17,19,26H,8-9,12-16H2,1-2H3;1H,(H,2,3). The van der Waals surface area contributed by atoms with Crippen LogP contribution in [0.15, 0.2) is 42.5 Å². The van der Waals surface area contributed by atoms with E-state index in [0.717, 1.165) is 12.8 Å². The molecule has 2 N–H and O–H groups in total. The molecular weight excluding hydrogens is 400 g/mol. The molecule has 3 aliphatic rings. The highest BCUT2D eigenvalue weighted by Crippen LogP contribution is 2.52. The number of hydrogen-bond acceptors (Lipinski definition) is 4. The lowest BCUT2D eigenvalue weighted by Gasteiger charge is -2.55. The van der Waals surface area contributed by atoms with Crippen LogP contribution in [0.25, 0.3) is 11.0 Å². The van der Waals surface area contributed by atoms with Crippen molar-refractivity contribution < 1.29 is 9.90 Å². The Labute approximate surface area is 189 Å². The Morgan fingerprint density at radius 1 is 1.19 bits per heavy atom. The van der Waals surface area contributed by atoms with E-state index >= 15 is 0 Å². The molecule has 0 amide bonds. The molecule has 2 aromatic carbocycles. The average molecular weight is 433 g/mol. The van der Waals surface area contributed by atoms with E-state index in [9.17, 15) is 0 Å². The van der Waals surface area contributed by atoms with Crippen molar-refractivity contribution in [2.75, 3.05) is 25.0 Å². The summed E-state index contributed by atoms with van der Waals surface area (Å²) < 4.78 is 2.60. The van der Waals surface area contributed by atoms with E-state index in [4.69, 9.17) is 14.9 Å². The Balaban J connectivity index is 0.000000684. The van der Waals surface area contributed by atoms with Gasteiger partial charge in [0.15, 0.2) is 0 Å². The topological polar surface area (TPSA) is 70.4 Å². The van der Waals surface area contributed by atoms with Crippen molar-refractivity contribution in [3.8, 4) is 0 Å². The van der Waals surface area contributed by atoms with E-state index in [0.29, 0.717) is 17.5 Å². The molecule has 1 saturated carbocycles. The minimum Gasteiger partial charge on any atom is -0.483 e. The van der Waals surface area contributed by atoms with Gasteiger partial charge in [-0.3, -0.25) is 4.79 Å². The first-order valence-electron chi connectivity index (χ1n) is 11.6. The second kappa shape index (κ2) is 8.24. The van der Waals surface area contributed by atoms with Crippen molar-refractivity contribution in [3.63, 3.8) is 0 Å². The summed E-state index contributed by atoms with van der Waals surface area (Å²) in [6.45, 7) is 4.47. The summed E-state index contributed by atoms with van der Waals surface area (Å²) in [5, 5.41) is 10.4. The van der Waals surface area contributed by atoms with Gasteiger partial charge in [0, 0.05) is 49.9 Å². The van der Waals surface area contributed by atoms with E-state index < -0.39 is 0 Å². The smallest absolute Gasteiger partial charge is 0.290 e. The van der Waals surface area contributed by atoms with Crippen LogP contribution in [0.4, 0.5) is 5.69 Å². The molecule has 1 aromatic heterocycles. The minimum absolute atomic E-state index is 0.250. The summed E-state index contributed by atoms with van der Waals surface area (Å²) >= 11 is 0. The molecule has 1 unspecified atom stereocenters. The van der Waals surface area contributed by atoms with Crippen LogP contribution in [0.5, 0.6) is 0 Å². The lowest BCUT2D eigenvalue weighted by Crippen LogP contribution is -2.60. The molecule has 3 aromatic rings. The highest BCUT2D eigenvalue weighted by atomic mass is 16.3. The first-order chi connectivity index (χ1) is 15.5. The van der Waals surface area contributed by atoms with Gasteiger partial charge in [-0.15, -0.1) is 0 Å². The Morgan fingerprint density at radius 2 is 1.91 bits per heavy atom. The third kappa shape index (κ3) is 3.47. The van der Waals surface area contributed by atoms with E-state index in [2.05, 4.69) is 71.2 Å². The summed E-state index contributed by atoms with van der Waals surface area (Å²) in [4.78, 5) is 16.1. The number of hydrogen-bond donors (Lipinski definition) is 2. The molecule has 32 heavy (non-hydrogen) atoms. The molecular formula is C26H32N4O2. The highest BCUT2D eigenvalue weighted by molar-refractivity contribution is 5.86. The van der Waals surface area contributed by atoms with Gasteiger partial charge in [0.1, 0.15) is 5.82 Å². The van der Waals surface area contributed by atoms with Gasteiger partial charge in [-0.05, 0) is 55.7 Å². The van der Waals surface area contributed by atoms with E-state index in [1.165, 1.54) is 66.0 Å². The number of benzene rings is 2. The predicted molar refractivity (Wildman–Crippen MR) is 127 cm³/mol. The maximum atomic E-state index is 8.36. The van der Waals surface area contributed by atoms with Crippen LogP contribution >= 0.6 is 0 Å². The zero-order chi connectivity index (χ0) is 22.3.